The van der Waals surface area contributed by atoms with Gasteiger partial charge >= 0.3 is 0 Å². The van der Waals surface area contributed by atoms with Gasteiger partial charge in [0, 0.05) is 6.54 Å². The molecule has 4 heteroatoms. The van der Waals surface area contributed by atoms with Gasteiger partial charge in [0.25, 0.3) is 0 Å². The number of hydrogen-bond donors (Lipinski definition) is 2. The summed E-state index contributed by atoms with van der Waals surface area (Å²) in [4.78, 5) is 12.7. The topological polar surface area (TPSA) is 55.1 Å². The minimum Gasteiger partial charge on any atom is -0.392 e. The predicted octanol–water partition coefficient (Wildman–Crippen LogP) is 3.00. The van der Waals surface area contributed by atoms with Crippen molar-refractivity contribution in [3.05, 3.63) is 35.9 Å². The molecule has 1 amide bonds. The van der Waals surface area contributed by atoms with E-state index >= 15 is 0 Å². The minimum atomic E-state index is -0.528. The summed E-state index contributed by atoms with van der Waals surface area (Å²) in [6.07, 6.45) is 5.04. The van der Waals surface area contributed by atoms with Crippen LogP contribution in [0.25, 0.3) is 0 Å². The Morgan fingerprint density at radius 2 is 2.00 bits per heavy atom. The van der Waals surface area contributed by atoms with Crippen molar-refractivity contribution in [1.82, 2.24) is 5.32 Å². The molecule has 0 spiro atoms. The van der Waals surface area contributed by atoms with Gasteiger partial charge in [-0.15, -0.1) is 0 Å². The molecular weight excluding hydrogens is 280 g/mol. The first-order valence-corrected chi connectivity index (χ1v) is 8.12. The molecule has 1 fully saturated rings. The Bertz CT molecular complexity index is 489. The first kappa shape index (κ1) is 16.0. The first-order chi connectivity index (χ1) is 10.1. The molecular formula is C17H24N2OS. The Kier molecular flexibility index (Phi) is 5.74. The molecule has 2 rings (SSSR count). The van der Waals surface area contributed by atoms with Crippen LogP contribution in [-0.4, -0.2) is 17.4 Å². The van der Waals surface area contributed by atoms with Crippen molar-refractivity contribution in [2.75, 3.05) is 6.54 Å². The van der Waals surface area contributed by atoms with E-state index in [9.17, 15) is 4.79 Å². The number of hydrogen-bond acceptors (Lipinski definition) is 2. The van der Waals surface area contributed by atoms with Crippen molar-refractivity contribution in [3.8, 4) is 0 Å². The third-order valence-electron chi connectivity index (χ3n) is 4.51. The van der Waals surface area contributed by atoms with Crippen LogP contribution in [0.2, 0.25) is 0 Å². The van der Waals surface area contributed by atoms with Gasteiger partial charge in [0.1, 0.15) is 5.92 Å². The Morgan fingerprint density at radius 1 is 1.33 bits per heavy atom. The zero-order valence-electron chi connectivity index (χ0n) is 12.5. The Morgan fingerprint density at radius 3 is 2.62 bits per heavy atom. The van der Waals surface area contributed by atoms with Gasteiger partial charge in [-0.1, -0.05) is 68.7 Å². The molecule has 1 aromatic rings. The van der Waals surface area contributed by atoms with E-state index in [-0.39, 0.29) is 10.9 Å². The number of carbonyl (C=O) groups excluding carboxylic acids is 1. The van der Waals surface area contributed by atoms with Crippen molar-refractivity contribution in [2.24, 2.45) is 17.6 Å². The molecule has 0 bridgehead atoms. The molecule has 0 radical (unpaired) electrons. The summed E-state index contributed by atoms with van der Waals surface area (Å²) in [5.41, 5.74) is 6.64. The number of amides is 1. The van der Waals surface area contributed by atoms with Gasteiger partial charge in [0.05, 0.1) is 4.99 Å². The summed E-state index contributed by atoms with van der Waals surface area (Å²) in [6, 6.07) is 9.51. The standard InChI is InChI=1S/C17H24N2OS/c1-12-7-5-6-10-14(12)11-19-17(20)15(16(18)21)13-8-3-2-4-9-13/h2-4,8-9,12,14-15H,5-7,10-11H2,1H3,(H2,18,21)(H,19,20). The molecule has 3 N–H and O–H groups in total. The van der Waals surface area contributed by atoms with Crippen LogP contribution in [0.1, 0.15) is 44.1 Å². The van der Waals surface area contributed by atoms with Crippen molar-refractivity contribution < 1.29 is 4.79 Å². The van der Waals surface area contributed by atoms with Gasteiger partial charge in [-0.25, -0.2) is 0 Å². The van der Waals surface area contributed by atoms with E-state index in [0.717, 1.165) is 12.1 Å². The number of nitrogens with one attached hydrogen (secondary N) is 1. The van der Waals surface area contributed by atoms with Gasteiger partial charge in [-0.2, -0.15) is 0 Å². The van der Waals surface area contributed by atoms with Gasteiger partial charge in [0.15, 0.2) is 0 Å². The largest absolute Gasteiger partial charge is 0.392 e. The second-order valence-corrected chi connectivity index (χ2v) is 6.48. The van der Waals surface area contributed by atoms with E-state index < -0.39 is 5.92 Å². The first-order valence-electron chi connectivity index (χ1n) is 7.71. The Labute approximate surface area is 132 Å². The molecule has 1 aliphatic carbocycles. The SMILES string of the molecule is CC1CCCCC1CNC(=O)C(C(N)=S)c1ccccc1. The summed E-state index contributed by atoms with van der Waals surface area (Å²) in [5.74, 6) is 0.649. The summed E-state index contributed by atoms with van der Waals surface area (Å²) in [5, 5.41) is 3.06. The van der Waals surface area contributed by atoms with Crippen molar-refractivity contribution >= 4 is 23.1 Å². The second kappa shape index (κ2) is 7.55. The highest BCUT2D eigenvalue weighted by atomic mass is 32.1. The smallest absolute Gasteiger partial charge is 0.234 e. The van der Waals surface area contributed by atoms with Gasteiger partial charge < -0.3 is 11.1 Å². The fourth-order valence-corrected chi connectivity index (χ4v) is 3.36. The molecule has 1 aliphatic rings. The lowest BCUT2D eigenvalue weighted by atomic mass is 9.80. The molecule has 3 unspecified atom stereocenters. The lowest BCUT2D eigenvalue weighted by Gasteiger charge is -2.29. The quantitative estimate of drug-likeness (QED) is 0.822. The lowest BCUT2D eigenvalue weighted by Crippen LogP contribution is -2.40. The fourth-order valence-electron chi connectivity index (χ4n) is 3.12. The third-order valence-corrected chi connectivity index (χ3v) is 4.74. The van der Waals surface area contributed by atoms with Crippen LogP contribution in [0.4, 0.5) is 0 Å². The molecule has 114 valence electrons. The molecule has 0 aromatic heterocycles. The average molecular weight is 304 g/mol. The molecule has 21 heavy (non-hydrogen) atoms. The fraction of sp³-hybridized carbons (Fsp3) is 0.529. The normalized spacial score (nSPS) is 23.3. The number of thiocarbonyl (C=S) groups is 1. The lowest BCUT2D eigenvalue weighted by molar-refractivity contribution is -0.121. The monoisotopic (exact) mass is 304 g/mol. The van der Waals surface area contributed by atoms with Crippen LogP contribution in [0.5, 0.6) is 0 Å². The van der Waals surface area contributed by atoms with E-state index in [1.807, 2.05) is 30.3 Å². The predicted molar refractivity (Wildman–Crippen MR) is 90.1 cm³/mol. The van der Waals surface area contributed by atoms with E-state index in [4.69, 9.17) is 18.0 Å². The highest BCUT2D eigenvalue weighted by molar-refractivity contribution is 7.80. The van der Waals surface area contributed by atoms with E-state index in [2.05, 4.69) is 12.2 Å². The summed E-state index contributed by atoms with van der Waals surface area (Å²) in [6.45, 7) is 3.00. The van der Waals surface area contributed by atoms with Gasteiger partial charge in [0.2, 0.25) is 5.91 Å². The zero-order valence-corrected chi connectivity index (χ0v) is 13.4. The van der Waals surface area contributed by atoms with Crippen LogP contribution in [0.3, 0.4) is 0 Å². The number of rotatable bonds is 5. The maximum absolute atomic E-state index is 12.5. The Balaban J connectivity index is 1.98. The van der Waals surface area contributed by atoms with Crippen molar-refractivity contribution in [3.63, 3.8) is 0 Å². The maximum Gasteiger partial charge on any atom is 0.234 e. The maximum atomic E-state index is 12.5. The summed E-state index contributed by atoms with van der Waals surface area (Å²) in [7, 11) is 0. The molecule has 0 saturated heterocycles. The average Bonchev–Trinajstić information content (AvgIpc) is 2.47. The van der Waals surface area contributed by atoms with Crippen molar-refractivity contribution in [2.45, 2.75) is 38.5 Å². The van der Waals surface area contributed by atoms with Crippen LogP contribution >= 0.6 is 12.2 Å². The zero-order chi connectivity index (χ0) is 15.2. The van der Waals surface area contributed by atoms with Crippen molar-refractivity contribution in [1.29, 1.82) is 0 Å². The summed E-state index contributed by atoms with van der Waals surface area (Å²) < 4.78 is 0. The van der Waals surface area contributed by atoms with Gasteiger partial charge in [-0.3, -0.25) is 4.79 Å². The molecule has 3 atom stereocenters. The van der Waals surface area contributed by atoms with Crippen LogP contribution in [-0.2, 0) is 4.79 Å². The minimum absolute atomic E-state index is 0.0773. The van der Waals surface area contributed by atoms with Gasteiger partial charge in [-0.05, 0) is 23.8 Å². The molecule has 3 nitrogen and oxygen atoms in total. The van der Waals surface area contributed by atoms with E-state index in [1.54, 1.807) is 0 Å². The van der Waals surface area contributed by atoms with Crippen LogP contribution in [0, 0.1) is 11.8 Å². The number of benzene rings is 1. The van der Waals surface area contributed by atoms with E-state index in [0.29, 0.717) is 11.8 Å². The second-order valence-electron chi connectivity index (χ2n) is 6.01. The van der Waals surface area contributed by atoms with Crippen LogP contribution < -0.4 is 11.1 Å². The molecule has 1 aromatic carbocycles. The number of nitrogens with two attached hydrogens (primary N) is 1. The van der Waals surface area contributed by atoms with Crippen LogP contribution in [0.15, 0.2) is 30.3 Å². The summed E-state index contributed by atoms with van der Waals surface area (Å²) >= 11 is 5.09. The highest BCUT2D eigenvalue weighted by Crippen LogP contribution is 2.29. The molecule has 0 heterocycles. The highest BCUT2D eigenvalue weighted by Gasteiger charge is 2.26. The molecule has 1 saturated carbocycles. The Hall–Kier alpha value is -1.42. The van der Waals surface area contributed by atoms with E-state index in [1.165, 1.54) is 25.7 Å². The number of carbonyl (C=O) groups is 1. The third kappa shape index (κ3) is 4.27. The molecule has 0 aliphatic heterocycles.